The number of hydrogen-bond donors (Lipinski definition) is 2. The van der Waals surface area contributed by atoms with Crippen LogP contribution in [0.5, 0.6) is 5.75 Å². The first kappa shape index (κ1) is 20.8. The number of aromatic nitrogens is 2. The normalized spacial score (nSPS) is 14.5. The Morgan fingerprint density at radius 1 is 1.29 bits per heavy atom. The summed E-state index contributed by atoms with van der Waals surface area (Å²) >= 11 is 0. The second kappa shape index (κ2) is 8.00. The first-order valence-corrected chi connectivity index (χ1v) is 11.1. The number of fused-ring (bicyclic) bond motifs is 1. The minimum Gasteiger partial charge on any atom is -0.490 e. The number of allylic oxidation sites excluding steroid dienone is 1. The lowest BCUT2D eigenvalue weighted by molar-refractivity contribution is 0.241. The maximum absolute atomic E-state index is 11.4. The van der Waals surface area contributed by atoms with Crippen LogP contribution in [0.25, 0.3) is 28.6 Å². The van der Waals surface area contributed by atoms with Crippen LogP contribution in [0.3, 0.4) is 0 Å². The highest BCUT2D eigenvalue weighted by molar-refractivity contribution is 7.50. The van der Waals surface area contributed by atoms with Gasteiger partial charge in [0.15, 0.2) is 0 Å². The SMILES string of the molecule is CC(C)Oc1ccc(-c2nc(-c3cccc4c3CC=C4OP(N)(=O)O)no2)cc1C#N. The lowest BCUT2D eigenvalue weighted by atomic mass is 10.0. The van der Waals surface area contributed by atoms with E-state index in [2.05, 4.69) is 16.2 Å². The fourth-order valence-electron chi connectivity index (χ4n) is 3.34. The largest absolute Gasteiger partial charge is 0.490 e. The van der Waals surface area contributed by atoms with Crippen LogP contribution in [0.15, 0.2) is 47.0 Å². The Morgan fingerprint density at radius 3 is 2.77 bits per heavy atom. The fraction of sp³-hybridized carbons (Fsp3) is 0.190. The molecular weight excluding hydrogens is 419 g/mol. The third-order valence-electron chi connectivity index (χ3n) is 4.54. The molecule has 1 aliphatic carbocycles. The zero-order chi connectivity index (χ0) is 22.2. The minimum absolute atomic E-state index is 0.0605. The fourth-order valence-corrected chi connectivity index (χ4v) is 3.79. The van der Waals surface area contributed by atoms with Crippen molar-refractivity contribution in [2.45, 2.75) is 26.4 Å². The van der Waals surface area contributed by atoms with Crippen molar-refractivity contribution in [1.82, 2.24) is 10.1 Å². The summed E-state index contributed by atoms with van der Waals surface area (Å²) in [6.07, 6.45) is 2.08. The summed E-state index contributed by atoms with van der Waals surface area (Å²) in [4.78, 5) is 13.8. The molecule has 1 unspecified atom stereocenters. The Kier molecular flexibility index (Phi) is 5.38. The van der Waals surface area contributed by atoms with Crippen molar-refractivity contribution in [2.75, 3.05) is 0 Å². The zero-order valence-corrected chi connectivity index (χ0v) is 17.7. The molecular formula is C21H19N4O5P. The average Bonchev–Trinajstić information content (AvgIpc) is 3.34. The molecule has 4 rings (SSSR count). The van der Waals surface area contributed by atoms with Gasteiger partial charge in [-0.1, -0.05) is 23.4 Å². The molecule has 0 saturated carbocycles. The lowest BCUT2D eigenvalue weighted by Crippen LogP contribution is -2.06. The molecule has 1 atom stereocenters. The standard InChI is InChI=1S/C21H19N4O5P/c1-12(2)28-18-8-6-13(10-14(18)11-22)21-24-20(25-29-21)17-5-3-4-16-15(17)7-9-19(16)30-31(23,26)27/h3-6,8-10,12H,7H2,1-2H3,(H3,23,26,27). The number of hydrogen-bond acceptors (Lipinski definition) is 7. The van der Waals surface area contributed by atoms with Crippen molar-refractivity contribution in [2.24, 2.45) is 5.50 Å². The molecule has 0 saturated heterocycles. The van der Waals surface area contributed by atoms with Gasteiger partial charge in [0.2, 0.25) is 5.82 Å². The van der Waals surface area contributed by atoms with E-state index < -0.39 is 7.75 Å². The summed E-state index contributed by atoms with van der Waals surface area (Å²) in [5, 5.41) is 13.5. The molecule has 158 valence electrons. The van der Waals surface area contributed by atoms with Gasteiger partial charge in [0, 0.05) is 16.7 Å². The van der Waals surface area contributed by atoms with Gasteiger partial charge in [-0.15, -0.1) is 0 Å². The van der Waals surface area contributed by atoms with Crippen molar-refractivity contribution in [3.05, 3.63) is 59.2 Å². The van der Waals surface area contributed by atoms with Gasteiger partial charge in [-0.2, -0.15) is 10.2 Å². The van der Waals surface area contributed by atoms with Crippen molar-refractivity contribution in [3.8, 4) is 34.7 Å². The molecule has 31 heavy (non-hydrogen) atoms. The molecule has 3 aromatic rings. The Labute approximate surface area is 178 Å². The minimum atomic E-state index is -4.17. The molecule has 1 heterocycles. The van der Waals surface area contributed by atoms with E-state index in [1.165, 1.54) is 0 Å². The highest BCUT2D eigenvalue weighted by Crippen LogP contribution is 2.43. The molecule has 0 spiro atoms. The highest BCUT2D eigenvalue weighted by atomic mass is 31.2. The monoisotopic (exact) mass is 438 g/mol. The van der Waals surface area contributed by atoms with Crippen LogP contribution in [0.1, 0.15) is 30.5 Å². The van der Waals surface area contributed by atoms with E-state index in [-0.39, 0.29) is 17.8 Å². The van der Waals surface area contributed by atoms with Gasteiger partial charge >= 0.3 is 7.75 Å². The van der Waals surface area contributed by atoms with Gasteiger partial charge in [-0.05, 0) is 50.1 Å². The van der Waals surface area contributed by atoms with Crippen LogP contribution in [0.2, 0.25) is 0 Å². The maximum atomic E-state index is 11.4. The van der Waals surface area contributed by atoms with Gasteiger partial charge in [0.05, 0.1) is 11.7 Å². The third kappa shape index (κ3) is 4.37. The van der Waals surface area contributed by atoms with Gasteiger partial charge < -0.3 is 18.7 Å². The topological polar surface area (TPSA) is 144 Å². The van der Waals surface area contributed by atoms with E-state index in [1.807, 2.05) is 19.9 Å². The molecule has 2 aromatic carbocycles. The van der Waals surface area contributed by atoms with E-state index in [4.69, 9.17) is 19.3 Å². The van der Waals surface area contributed by atoms with Crippen molar-refractivity contribution in [1.29, 1.82) is 5.26 Å². The van der Waals surface area contributed by atoms with Crippen LogP contribution in [0, 0.1) is 11.3 Å². The molecule has 9 nitrogen and oxygen atoms in total. The van der Waals surface area contributed by atoms with Crippen LogP contribution >= 0.6 is 7.75 Å². The lowest BCUT2D eigenvalue weighted by Gasteiger charge is -2.11. The number of benzene rings is 2. The van der Waals surface area contributed by atoms with E-state index in [1.54, 1.807) is 36.4 Å². The molecule has 0 aliphatic heterocycles. The van der Waals surface area contributed by atoms with Crippen molar-refractivity contribution in [3.63, 3.8) is 0 Å². The summed E-state index contributed by atoms with van der Waals surface area (Å²) < 4.78 is 27.5. The summed E-state index contributed by atoms with van der Waals surface area (Å²) in [6.45, 7) is 3.77. The summed E-state index contributed by atoms with van der Waals surface area (Å²) in [6, 6.07) is 12.6. The van der Waals surface area contributed by atoms with Crippen LogP contribution in [0.4, 0.5) is 0 Å². The molecule has 0 amide bonds. The summed E-state index contributed by atoms with van der Waals surface area (Å²) in [7, 11) is -4.17. The quantitative estimate of drug-likeness (QED) is 0.545. The number of nitrogens with two attached hydrogens (primary N) is 1. The molecule has 10 heteroatoms. The number of rotatable bonds is 6. The van der Waals surface area contributed by atoms with Crippen LogP contribution in [-0.2, 0) is 15.5 Å². The van der Waals surface area contributed by atoms with Gasteiger partial charge in [-0.25, -0.2) is 10.1 Å². The van der Waals surface area contributed by atoms with E-state index in [0.29, 0.717) is 40.2 Å². The van der Waals surface area contributed by atoms with Crippen LogP contribution < -0.4 is 10.2 Å². The summed E-state index contributed by atoms with van der Waals surface area (Å²) in [5.74, 6) is 1.33. The van der Waals surface area contributed by atoms with E-state index in [0.717, 1.165) is 5.56 Å². The second-order valence-corrected chi connectivity index (χ2v) is 8.48. The highest BCUT2D eigenvalue weighted by Gasteiger charge is 2.26. The average molecular weight is 438 g/mol. The maximum Gasteiger partial charge on any atom is 0.453 e. The molecule has 1 aromatic heterocycles. The molecule has 0 radical (unpaired) electrons. The Balaban J connectivity index is 1.66. The molecule has 0 bridgehead atoms. The predicted octanol–water partition coefficient (Wildman–Crippen LogP) is 4.04. The van der Waals surface area contributed by atoms with E-state index >= 15 is 0 Å². The first-order chi connectivity index (χ1) is 14.7. The number of nitrogens with zero attached hydrogens (tertiary/aromatic N) is 3. The first-order valence-electron chi connectivity index (χ1n) is 9.44. The Bertz CT molecular complexity index is 1270. The van der Waals surface area contributed by atoms with Crippen molar-refractivity contribution < 1.29 is 23.2 Å². The van der Waals surface area contributed by atoms with Gasteiger partial charge in [-0.3, -0.25) is 0 Å². The zero-order valence-electron chi connectivity index (χ0n) is 16.8. The Morgan fingerprint density at radius 2 is 2.06 bits per heavy atom. The predicted molar refractivity (Wildman–Crippen MR) is 112 cm³/mol. The molecule has 3 N–H and O–H groups in total. The van der Waals surface area contributed by atoms with Gasteiger partial charge in [0.1, 0.15) is 17.6 Å². The molecule has 1 aliphatic rings. The smallest absolute Gasteiger partial charge is 0.453 e. The third-order valence-corrected chi connectivity index (χ3v) is 5.00. The van der Waals surface area contributed by atoms with E-state index in [9.17, 15) is 14.7 Å². The molecule has 0 fully saturated rings. The van der Waals surface area contributed by atoms with Gasteiger partial charge in [0.25, 0.3) is 5.89 Å². The van der Waals surface area contributed by atoms with Crippen molar-refractivity contribution >= 4 is 13.5 Å². The summed E-state index contributed by atoms with van der Waals surface area (Å²) in [5.41, 5.74) is 8.26. The number of nitriles is 1. The number of ether oxygens (including phenoxy) is 1. The second-order valence-electron chi connectivity index (χ2n) is 7.17. The Hall–Kier alpha value is -3.44. The van der Waals surface area contributed by atoms with Crippen LogP contribution in [-0.4, -0.2) is 21.1 Å².